The van der Waals surface area contributed by atoms with Crippen LogP contribution in [-0.2, 0) is 11.3 Å². The number of aromatic amines is 1. The average Bonchev–Trinajstić information content (AvgIpc) is 3.10. The predicted octanol–water partition coefficient (Wildman–Crippen LogP) is 2.31. The number of hydrogen-bond donors (Lipinski definition) is 2. The Hall–Kier alpha value is -2.63. The minimum Gasteiger partial charge on any atom is -0.360 e. The van der Waals surface area contributed by atoms with Crippen molar-refractivity contribution >= 4 is 16.8 Å². The second-order valence-electron chi connectivity index (χ2n) is 4.81. The molecule has 0 unspecified atom stereocenters. The smallest absolute Gasteiger partial charge is 0.221 e. The third-order valence-corrected chi connectivity index (χ3v) is 3.43. The summed E-state index contributed by atoms with van der Waals surface area (Å²) in [7, 11) is 1.61. The first-order valence-electron chi connectivity index (χ1n) is 6.67. The van der Waals surface area contributed by atoms with Crippen LogP contribution in [0.3, 0.4) is 0 Å². The molecule has 6 heteroatoms. The van der Waals surface area contributed by atoms with Crippen molar-refractivity contribution in [1.82, 2.24) is 20.1 Å². The first-order chi connectivity index (χ1) is 10.2. The summed E-state index contributed by atoms with van der Waals surface area (Å²) in [6, 6.07) is 4.66. The van der Waals surface area contributed by atoms with E-state index in [1.54, 1.807) is 24.0 Å². The lowest BCUT2D eigenvalue weighted by atomic mass is 10.1. The van der Waals surface area contributed by atoms with Gasteiger partial charge in [0.25, 0.3) is 0 Å². The van der Waals surface area contributed by atoms with Gasteiger partial charge in [-0.2, -0.15) is 5.10 Å². The molecule has 1 aromatic carbocycles. The van der Waals surface area contributed by atoms with Crippen molar-refractivity contribution in [3.05, 3.63) is 42.6 Å². The molecule has 108 valence electrons. The maximum Gasteiger partial charge on any atom is 0.221 e. The Morgan fingerprint density at radius 2 is 2.33 bits per heavy atom. The summed E-state index contributed by atoms with van der Waals surface area (Å²) in [6.07, 6.45) is 5.85. The summed E-state index contributed by atoms with van der Waals surface area (Å²) in [6.45, 7) is 0.524. The van der Waals surface area contributed by atoms with Gasteiger partial charge in [-0.3, -0.25) is 9.48 Å². The molecule has 5 nitrogen and oxygen atoms in total. The Kier molecular flexibility index (Phi) is 3.43. The van der Waals surface area contributed by atoms with Gasteiger partial charge in [0.05, 0.1) is 6.20 Å². The van der Waals surface area contributed by atoms with Crippen LogP contribution in [0.1, 0.15) is 6.42 Å². The highest BCUT2D eigenvalue weighted by Gasteiger charge is 2.09. The van der Waals surface area contributed by atoms with Crippen LogP contribution in [0.15, 0.2) is 36.8 Å². The molecule has 0 radical (unpaired) electrons. The zero-order chi connectivity index (χ0) is 14.8. The normalized spacial score (nSPS) is 11.0. The number of aromatic nitrogens is 3. The summed E-state index contributed by atoms with van der Waals surface area (Å²) in [5.41, 5.74) is 2.66. The van der Waals surface area contributed by atoms with Crippen molar-refractivity contribution in [3.63, 3.8) is 0 Å². The van der Waals surface area contributed by atoms with Crippen molar-refractivity contribution in [2.45, 2.75) is 13.0 Å². The number of fused-ring (bicyclic) bond motifs is 1. The molecule has 3 aromatic rings. The molecule has 0 saturated heterocycles. The molecule has 2 N–H and O–H groups in total. The van der Waals surface area contributed by atoms with Crippen LogP contribution >= 0.6 is 0 Å². The van der Waals surface area contributed by atoms with E-state index in [4.69, 9.17) is 0 Å². The highest BCUT2D eigenvalue weighted by Crippen LogP contribution is 2.28. The Labute approximate surface area is 120 Å². The maximum absolute atomic E-state index is 13.2. The van der Waals surface area contributed by atoms with Gasteiger partial charge in [0.1, 0.15) is 5.82 Å². The highest BCUT2D eigenvalue weighted by atomic mass is 19.1. The standard InChI is InChI=1S/C15H15FN4O/c1-17-15(21)4-5-20-9-10(7-19-20)13-8-18-14-6-11(16)2-3-12(13)14/h2-3,6-9,18H,4-5H2,1H3,(H,17,21). The number of H-pyrrole nitrogens is 1. The molecule has 0 aliphatic rings. The van der Waals surface area contributed by atoms with E-state index in [1.807, 2.05) is 12.4 Å². The Bertz CT molecular complexity index is 790. The van der Waals surface area contributed by atoms with Gasteiger partial charge < -0.3 is 10.3 Å². The summed E-state index contributed by atoms with van der Waals surface area (Å²) in [5.74, 6) is -0.285. The van der Waals surface area contributed by atoms with Crippen LogP contribution in [0.25, 0.3) is 22.0 Å². The van der Waals surface area contributed by atoms with Crippen LogP contribution in [0.4, 0.5) is 4.39 Å². The van der Waals surface area contributed by atoms with E-state index in [-0.39, 0.29) is 11.7 Å². The molecular weight excluding hydrogens is 271 g/mol. The van der Waals surface area contributed by atoms with E-state index in [0.717, 1.165) is 22.0 Å². The third-order valence-electron chi connectivity index (χ3n) is 3.43. The summed E-state index contributed by atoms with van der Waals surface area (Å²) < 4.78 is 14.9. The Morgan fingerprint density at radius 1 is 1.48 bits per heavy atom. The first-order valence-corrected chi connectivity index (χ1v) is 6.67. The van der Waals surface area contributed by atoms with Crippen molar-refractivity contribution in [2.75, 3.05) is 7.05 Å². The number of nitrogens with zero attached hydrogens (tertiary/aromatic N) is 2. The number of aryl methyl sites for hydroxylation is 1. The molecule has 0 atom stereocenters. The number of carbonyl (C=O) groups excluding carboxylic acids is 1. The molecule has 0 fully saturated rings. The largest absolute Gasteiger partial charge is 0.360 e. The zero-order valence-electron chi connectivity index (χ0n) is 11.6. The van der Waals surface area contributed by atoms with Gasteiger partial charge in [-0.1, -0.05) is 0 Å². The molecule has 3 rings (SSSR count). The van der Waals surface area contributed by atoms with Crippen molar-refractivity contribution < 1.29 is 9.18 Å². The van der Waals surface area contributed by atoms with Gasteiger partial charge in [-0.05, 0) is 18.2 Å². The van der Waals surface area contributed by atoms with Crippen molar-refractivity contribution in [3.8, 4) is 11.1 Å². The first kappa shape index (κ1) is 13.4. The van der Waals surface area contributed by atoms with Gasteiger partial charge in [0.15, 0.2) is 0 Å². The number of nitrogens with one attached hydrogen (secondary N) is 2. The minimum absolute atomic E-state index is 0.0189. The second kappa shape index (κ2) is 5.40. The lowest BCUT2D eigenvalue weighted by Gasteiger charge is -2.00. The average molecular weight is 286 g/mol. The van der Waals surface area contributed by atoms with E-state index >= 15 is 0 Å². The Morgan fingerprint density at radius 3 is 3.14 bits per heavy atom. The highest BCUT2D eigenvalue weighted by molar-refractivity contribution is 5.95. The van der Waals surface area contributed by atoms with Crippen molar-refractivity contribution in [1.29, 1.82) is 0 Å². The fraction of sp³-hybridized carbons (Fsp3) is 0.200. The van der Waals surface area contributed by atoms with Gasteiger partial charge in [-0.25, -0.2) is 4.39 Å². The topological polar surface area (TPSA) is 62.7 Å². The molecule has 2 heterocycles. The Balaban J connectivity index is 1.86. The van der Waals surface area contributed by atoms with Crippen LogP contribution < -0.4 is 5.32 Å². The van der Waals surface area contributed by atoms with Gasteiger partial charge in [0.2, 0.25) is 5.91 Å². The SMILES string of the molecule is CNC(=O)CCn1cc(-c2c[nH]c3cc(F)ccc23)cn1. The molecule has 0 saturated carbocycles. The molecule has 0 spiro atoms. The van der Waals surface area contributed by atoms with E-state index in [0.29, 0.717) is 13.0 Å². The maximum atomic E-state index is 13.2. The van der Waals surface area contributed by atoms with Gasteiger partial charge >= 0.3 is 0 Å². The fourth-order valence-corrected chi connectivity index (χ4v) is 2.30. The molecule has 0 aliphatic heterocycles. The number of hydrogen-bond acceptors (Lipinski definition) is 2. The minimum atomic E-state index is -0.267. The number of halogens is 1. The fourth-order valence-electron chi connectivity index (χ4n) is 2.30. The lowest BCUT2D eigenvalue weighted by molar-refractivity contribution is -0.120. The van der Waals surface area contributed by atoms with E-state index < -0.39 is 0 Å². The molecule has 21 heavy (non-hydrogen) atoms. The number of rotatable bonds is 4. The molecular formula is C15H15FN4O. The predicted molar refractivity (Wildman–Crippen MR) is 78.2 cm³/mol. The van der Waals surface area contributed by atoms with Crippen LogP contribution in [0.5, 0.6) is 0 Å². The molecule has 0 bridgehead atoms. The molecule has 1 amide bonds. The van der Waals surface area contributed by atoms with E-state index in [2.05, 4.69) is 15.4 Å². The lowest BCUT2D eigenvalue weighted by Crippen LogP contribution is -2.19. The van der Waals surface area contributed by atoms with E-state index in [1.165, 1.54) is 12.1 Å². The summed E-state index contributed by atoms with van der Waals surface area (Å²) in [4.78, 5) is 14.3. The third kappa shape index (κ3) is 2.65. The quantitative estimate of drug-likeness (QED) is 0.773. The second-order valence-corrected chi connectivity index (χ2v) is 4.81. The van der Waals surface area contributed by atoms with Crippen molar-refractivity contribution in [2.24, 2.45) is 0 Å². The van der Waals surface area contributed by atoms with Crippen LogP contribution in [-0.4, -0.2) is 27.7 Å². The van der Waals surface area contributed by atoms with Gasteiger partial charge in [0, 0.05) is 54.4 Å². The monoisotopic (exact) mass is 286 g/mol. The van der Waals surface area contributed by atoms with Crippen LogP contribution in [0, 0.1) is 5.82 Å². The zero-order valence-corrected chi connectivity index (χ0v) is 11.6. The van der Waals surface area contributed by atoms with Gasteiger partial charge in [-0.15, -0.1) is 0 Å². The molecule has 0 aliphatic carbocycles. The molecule has 2 aromatic heterocycles. The summed E-state index contributed by atoms with van der Waals surface area (Å²) >= 11 is 0. The summed E-state index contributed by atoms with van der Waals surface area (Å²) in [5, 5.41) is 7.78. The number of amides is 1. The van der Waals surface area contributed by atoms with Crippen LogP contribution in [0.2, 0.25) is 0 Å². The number of carbonyl (C=O) groups is 1. The number of benzene rings is 1. The van der Waals surface area contributed by atoms with E-state index in [9.17, 15) is 9.18 Å².